The van der Waals surface area contributed by atoms with Crippen molar-refractivity contribution in [3.63, 3.8) is 0 Å². The predicted molar refractivity (Wildman–Crippen MR) is 126 cm³/mol. The Balaban J connectivity index is 0.00000300. The quantitative estimate of drug-likeness (QED) is 0.280. The Morgan fingerprint density at radius 1 is 1.07 bits per heavy atom. The average molecular weight is 527 g/mol. The third kappa shape index (κ3) is 6.60. The van der Waals surface area contributed by atoms with Crippen LogP contribution >= 0.6 is 35.6 Å². The normalized spacial score (nSPS) is 10.9. The van der Waals surface area contributed by atoms with Crippen molar-refractivity contribution in [3.05, 3.63) is 76.8 Å². The van der Waals surface area contributed by atoms with Gasteiger partial charge in [0.2, 0.25) is 0 Å². The summed E-state index contributed by atoms with van der Waals surface area (Å²) in [4.78, 5) is 8.45. The number of aliphatic imine (C=N–C) groups is 1. The minimum atomic E-state index is 0. The number of halogens is 2. The fraction of sp³-hybridized carbons (Fsp3) is 0.250. The first kappa shape index (κ1) is 23.0. The van der Waals surface area contributed by atoms with Gasteiger partial charge in [-0.2, -0.15) is 5.10 Å². The van der Waals surface area contributed by atoms with E-state index in [4.69, 9.17) is 16.3 Å². The Bertz CT molecular complexity index is 946. The number of rotatable bonds is 7. The number of aryl methyl sites for hydroxylation is 1. The Morgan fingerprint density at radius 2 is 1.76 bits per heavy atom. The summed E-state index contributed by atoms with van der Waals surface area (Å²) in [5, 5.41) is 11.2. The van der Waals surface area contributed by atoms with Crippen LogP contribution in [0.2, 0.25) is 5.02 Å². The molecule has 0 amide bonds. The van der Waals surface area contributed by atoms with Gasteiger partial charge in [0, 0.05) is 20.6 Å². The number of hydrogen-bond acceptors (Lipinski definition) is 4. The van der Waals surface area contributed by atoms with Gasteiger partial charge in [-0.05, 0) is 23.3 Å². The van der Waals surface area contributed by atoms with Crippen molar-refractivity contribution in [2.45, 2.75) is 19.7 Å². The summed E-state index contributed by atoms with van der Waals surface area (Å²) in [7, 11) is 3.59. The van der Waals surface area contributed by atoms with Crippen molar-refractivity contribution < 1.29 is 4.74 Å². The Morgan fingerprint density at radius 3 is 2.45 bits per heavy atom. The van der Waals surface area contributed by atoms with Crippen LogP contribution in [0.15, 0.2) is 59.9 Å². The zero-order chi connectivity index (χ0) is 19.8. The molecule has 0 radical (unpaired) electrons. The average Bonchev–Trinajstić information content (AvgIpc) is 3.13. The molecule has 3 aromatic rings. The highest BCUT2D eigenvalue weighted by Crippen LogP contribution is 2.24. The molecule has 1 heterocycles. The molecule has 2 aromatic carbocycles. The molecule has 0 fully saturated rings. The standard InChI is InChI=1S/C20H23ClN6O.HI/c1-22-20(24-12-19-25-14-26-27(19)2)23-11-15-7-3-4-8-16(15)13-28-18-10-6-5-9-17(18)21;/h3-10,14H,11-13H2,1-2H3,(H2,22,23,24);1H. The molecule has 9 heteroatoms. The largest absolute Gasteiger partial charge is 0.487 e. The van der Waals surface area contributed by atoms with Crippen molar-refractivity contribution in [2.75, 3.05) is 7.05 Å². The van der Waals surface area contributed by atoms with Gasteiger partial charge < -0.3 is 15.4 Å². The second-order valence-electron chi connectivity index (χ2n) is 6.07. The topological polar surface area (TPSA) is 76.4 Å². The van der Waals surface area contributed by atoms with Gasteiger partial charge in [-0.15, -0.1) is 24.0 Å². The lowest BCUT2D eigenvalue weighted by atomic mass is 10.1. The molecule has 0 atom stereocenters. The molecular weight excluding hydrogens is 503 g/mol. The number of nitrogens with zero attached hydrogens (tertiary/aromatic N) is 4. The molecule has 0 saturated carbocycles. The van der Waals surface area contributed by atoms with E-state index >= 15 is 0 Å². The number of hydrogen-bond donors (Lipinski definition) is 2. The number of benzene rings is 2. The van der Waals surface area contributed by atoms with Crippen LogP contribution in [0.4, 0.5) is 0 Å². The summed E-state index contributed by atoms with van der Waals surface area (Å²) in [6.45, 7) is 1.58. The zero-order valence-corrected chi connectivity index (χ0v) is 19.4. The molecule has 3 rings (SSSR count). The fourth-order valence-electron chi connectivity index (χ4n) is 2.63. The molecule has 0 bridgehead atoms. The van der Waals surface area contributed by atoms with Gasteiger partial charge in [-0.1, -0.05) is 48.0 Å². The highest BCUT2D eigenvalue weighted by atomic mass is 127. The number of nitrogens with one attached hydrogen (secondary N) is 2. The first-order valence-electron chi connectivity index (χ1n) is 8.89. The SMILES string of the molecule is CN=C(NCc1ccccc1COc1ccccc1Cl)NCc1ncnn1C.I. The maximum atomic E-state index is 6.17. The first-order chi connectivity index (χ1) is 13.7. The van der Waals surface area contributed by atoms with Gasteiger partial charge in [-0.25, -0.2) is 4.98 Å². The van der Waals surface area contributed by atoms with E-state index in [2.05, 4.69) is 31.8 Å². The van der Waals surface area contributed by atoms with Crippen LogP contribution in [0.5, 0.6) is 5.75 Å². The summed E-state index contributed by atoms with van der Waals surface area (Å²) >= 11 is 6.17. The molecule has 29 heavy (non-hydrogen) atoms. The summed E-state index contributed by atoms with van der Waals surface area (Å²) in [5.41, 5.74) is 2.20. The van der Waals surface area contributed by atoms with Gasteiger partial charge in [0.15, 0.2) is 5.96 Å². The lowest BCUT2D eigenvalue weighted by Crippen LogP contribution is -2.37. The van der Waals surface area contributed by atoms with Crippen LogP contribution in [0.3, 0.4) is 0 Å². The number of para-hydroxylation sites is 1. The van der Waals surface area contributed by atoms with Gasteiger partial charge in [0.25, 0.3) is 0 Å². The first-order valence-corrected chi connectivity index (χ1v) is 9.26. The third-order valence-electron chi connectivity index (χ3n) is 4.23. The molecule has 0 aliphatic rings. The molecule has 154 valence electrons. The maximum absolute atomic E-state index is 6.17. The highest BCUT2D eigenvalue weighted by Gasteiger charge is 2.07. The molecule has 0 aliphatic carbocycles. The van der Waals surface area contributed by atoms with Gasteiger partial charge in [0.1, 0.15) is 24.5 Å². The monoisotopic (exact) mass is 526 g/mol. The minimum Gasteiger partial charge on any atom is -0.487 e. The van der Waals surface area contributed by atoms with E-state index in [1.54, 1.807) is 11.7 Å². The van der Waals surface area contributed by atoms with Gasteiger partial charge in [-0.3, -0.25) is 9.67 Å². The van der Waals surface area contributed by atoms with Crippen molar-refractivity contribution in [2.24, 2.45) is 12.0 Å². The summed E-state index contributed by atoms with van der Waals surface area (Å²) in [6, 6.07) is 15.6. The molecular formula is C20H24ClIN6O. The second kappa shape index (κ2) is 11.6. The van der Waals surface area contributed by atoms with E-state index in [0.717, 1.165) is 17.0 Å². The van der Waals surface area contributed by atoms with Crippen LogP contribution < -0.4 is 15.4 Å². The molecule has 2 N–H and O–H groups in total. The minimum absolute atomic E-state index is 0. The van der Waals surface area contributed by atoms with Crippen LogP contribution in [0.1, 0.15) is 17.0 Å². The van der Waals surface area contributed by atoms with E-state index in [1.807, 2.05) is 49.5 Å². The van der Waals surface area contributed by atoms with Crippen molar-refractivity contribution >= 4 is 41.5 Å². The highest BCUT2D eigenvalue weighted by molar-refractivity contribution is 14.0. The summed E-state index contributed by atoms with van der Waals surface area (Å²) in [6.07, 6.45) is 1.53. The van der Waals surface area contributed by atoms with E-state index < -0.39 is 0 Å². The van der Waals surface area contributed by atoms with Crippen LogP contribution in [0, 0.1) is 0 Å². The number of aromatic nitrogens is 3. The van der Waals surface area contributed by atoms with Crippen LogP contribution in [-0.4, -0.2) is 27.8 Å². The van der Waals surface area contributed by atoms with E-state index in [1.165, 1.54) is 6.33 Å². The van der Waals surface area contributed by atoms with E-state index in [9.17, 15) is 0 Å². The third-order valence-corrected chi connectivity index (χ3v) is 4.54. The van der Waals surface area contributed by atoms with Crippen LogP contribution in [-0.2, 0) is 26.7 Å². The number of guanidine groups is 1. The van der Waals surface area contributed by atoms with Crippen molar-refractivity contribution in [1.29, 1.82) is 0 Å². The number of ether oxygens (including phenoxy) is 1. The Hall–Kier alpha value is -2.33. The fourth-order valence-corrected chi connectivity index (χ4v) is 2.82. The molecule has 7 nitrogen and oxygen atoms in total. The molecule has 0 aliphatic heterocycles. The zero-order valence-electron chi connectivity index (χ0n) is 16.3. The summed E-state index contributed by atoms with van der Waals surface area (Å²) < 4.78 is 7.61. The van der Waals surface area contributed by atoms with Crippen molar-refractivity contribution in [1.82, 2.24) is 25.4 Å². The van der Waals surface area contributed by atoms with Gasteiger partial charge >= 0.3 is 0 Å². The molecule has 0 spiro atoms. The smallest absolute Gasteiger partial charge is 0.191 e. The Kier molecular flexibility index (Phi) is 9.20. The van der Waals surface area contributed by atoms with E-state index in [-0.39, 0.29) is 24.0 Å². The van der Waals surface area contributed by atoms with Gasteiger partial charge in [0.05, 0.1) is 11.6 Å². The van der Waals surface area contributed by atoms with Crippen LogP contribution in [0.25, 0.3) is 0 Å². The van der Waals surface area contributed by atoms with Crippen molar-refractivity contribution in [3.8, 4) is 5.75 Å². The van der Waals surface area contributed by atoms with E-state index in [0.29, 0.717) is 36.4 Å². The Labute approximate surface area is 192 Å². The maximum Gasteiger partial charge on any atom is 0.191 e. The molecule has 1 aromatic heterocycles. The summed E-state index contributed by atoms with van der Waals surface area (Å²) in [5.74, 6) is 2.19. The predicted octanol–water partition coefficient (Wildman–Crippen LogP) is 3.53. The lowest BCUT2D eigenvalue weighted by Gasteiger charge is -2.15. The molecule has 0 unspecified atom stereocenters. The second-order valence-corrected chi connectivity index (χ2v) is 6.47. The molecule has 0 saturated heterocycles. The lowest BCUT2D eigenvalue weighted by molar-refractivity contribution is 0.305.